The van der Waals surface area contributed by atoms with Crippen LogP contribution < -0.4 is 12.4 Å². The monoisotopic (exact) mass is 290 g/mol. The van der Waals surface area contributed by atoms with Gasteiger partial charge in [-0.25, -0.2) is 4.42 Å². The smallest absolute Gasteiger partial charge is 0.364 e. The molecule has 0 aliphatic heterocycles. The van der Waals surface area contributed by atoms with E-state index in [1.54, 1.807) is 24.3 Å². The van der Waals surface area contributed by atoms with Crippen molar-refractivity contribution >= 4 is 11.0 Å². The minimum atomic E-state index is -0.205. The summed E-state index contributed by atoms with van der Waals surface area (Å²) < 4.78 is 5.67. The number of phenolic OH excluding ortho intramolecular Hbond substituents is 3. The predicted molar refractivity (Wildman–Crippen MR) is 71.1 cm³/mol. The molecule has 4 nitrogen and oxygen atoms in total. The lowest BCUT2D eigenvalue weighted by molar-refractivity contribution is -0.00000707. The van der Waals surface area contributed by atoms with E-state index >= 15 is 0 Å². The second-order valence-electron chi connectivity index (χ2n) is 4.23. The Morgan fingerprint density at radius 3 is 2.25 bits per heavy atom. The fourth-order valence-electron chi connectivity index (χ4n) is 1.90. The van der Waals surface area contributed by atoms with Crippen LogP contribution in [0.5, 0.6) is 17.2 Å². The molecule has 3 rings (SSSR count). The Bertz CT molecular complexity index is 771. The molecular formula is C15H11ClO4. The van der Waals surface area contributed by atoms with E-state index in [9.17, 15) is 15.3 Å². The van der Waals surface area contributed by atoms with Crippen LogP contribution in [0.4, 0.5) is 0 Å². The lowest BCUT2D eigenvalue weighted by Crippen LogP contribution is -3.00. The summed E-state index contributed by atoms with van der Waals surface area (Å²) in [7, 11) is 0. The van der Waals surface area contributed by atoms with Gasteiger partial charge in [0.05, 0.1) is 17.0 Å². The number of rotatable bonds is 1. The highest BCUT2D eigenvalue weighted by Gasteiger charge is 2.16. The van der Waals surface area contributed by atoms with E-state index in [0.29, 0.717) is 16.9 Å². The predicted octanol–water partition coefficient (Wildman–Crippen LogP) is 0.502. The summed E-state index contributed by atoms with van der Waals surface area (Å²) in [5, 5.41) is 29.1. The van der Waals surface area contributed by atoms with Crippen molar-refractivity contribution < 1.29 is 32.1 Å². The first-order valence-electron chi connectivity index (χ1n) is 5.72. The van der Waals surface area contributed by atoms with Crippen LogP contribution in [-0.4, -0.2) is 15.3 Å². The first-order valence-corrected chi connectivity index (χ1v) is 5.72. The lowest BCUT2D eigenvalue weighted by Gasteiger charge is -1.98. The van der Waals surface area contributed by atoms with E-state index in [1.807, 2.05) is 6.07 Å². The summed E-state index contributed by atoms with van der Waals surface area (Å²) in [6.45, 7) is 0. The van der Waals surface area contributed by atoms with Gasteiger partial charge in [0.1, 0.15) is 5.75 Å². The molecule has 0 unspecified atom stereocenters. The molecule has 1 heterocycles. The minimum Gasteiger partial charge on any atom is -1.00 e. The summed E-state index contributed by atoms with van der Waals surface area (Å²) in [5.41, 5.74) is 1.19. The van der Waals surface area contributed by atoms with Crippen LogP contribution >= 0.6 is 0 Å². The number of aromatic hydroxyl groups is 3. The number of hydrogen-bond donors (Lipinski definition) is 3. The van der Waals surface area contributed by atoms with Gasteiger partial charge >= 0.3 is 11.3 Å². The zero-order chi connectivity index (χ0) is 13.4. The maximum absolute atomic E-state index is 9.49. The van der Waals surface area contributed by atoms with Gasteiger partial charge in [0.25, 0.3) is 0 Å². The van der Waals surface area contributed by atoms with Gasteiger partial charge in [-0.1, -0.05) is 0 Å². The number of phenols is 3. The molecule has 3 aromatic rings. The van der Waals surface area contributed by atoms with E-state index in [0.717, 1.165) is 5.39 Å². The number of halogens is 1. The molecule has 102 valence electrons. The van der Waals surface area contributed by atoms with Crippen LogP contribution in [0.15, 0.2) is 52.9 Å². The van der Waals surface area contributed by atoms with Gasteiger partial charge < -0.3 is 27.7 Å². The standard InChI is InChI=1S/C15H10O4.ClH/c16-11-4-1-9-3-6-14(19-15(9)8-11)10-2-5-12(17)13(18)7-10;/h1-8H,(H2-,16,17,18);1H. The zero-order valence-corrected chi connectivity index (χ0v) is 11.0. The highest BCUT2D eigenvalue weighted by atomic mass is 35.5. The number of fused-ring (bicyclic) bond motifs is 1. The normalized spacial score (nSPS) is 10.2. The Balaban J connectivity index is 0.00000147. The van der Waals surface area contributed by atoms with Gasteiger partial charge in [0, 0.05) is 12.1 Å². The van der Waals surface area contributed by atoms with Crippen LogP contribution in [0.1, 0.15) is 0 Å². The summed E-state index contributed by atoms with van der Waals surface area (Å²) in [4.78, 5) is 0. The fraction of sp³-hybridized carbons (Fsp3) is 0. The van der Waals surface area contributed by atoms with Crippen LogP contribution in [0, 0.1) is 0 Å². The average Bonchev–Trinajstić information content (AvgIpc) is 2.41. The molecule has 5 heteroatoms. The Kier molecular flexibility index (Phi) is 3.68. The van der Waals surface area contributed by atoms with Crippen LogP contribution in [0.3, 0.4) is 0 Å². The van der Waals surface area contributed by atoms with Crippen molar-refractivity contribution in [2.45, 2.75) is 0 Å². The fourth-order valence-corrected chi connectivity index (χ4v) is 1.90. The summed E-state index contributed by atoms with van der Waals surface area (Å²) in [6.07, 6.45) is 0. The molecule has 0 saturated heterocycles. The SMILES string of the molecule is Oc1ccc2ccc(-c3ccc(O)c(O)c3)[o+]c2c1.[Cl-]. The molecule has 0 aliphatic rings. The van der Waals surface area contributed by atoms with E-state index in [4.69, 9.17) is 4.42 Å². The molecule has 0 bridgehead atoms. The van der Waals surface area contributed by atoms with Crippen molar-refractivity contribution in [1.82, 2.24) is 0 Å². The summed E-state index contributed by atoms with van der Waals surface area (Å²) in [6, 6.07) is 13.0. The highest BCUT2D eigenvalue weighted by Crippen LogP contribution is 2.32. The van der Waals surface area contributed by atoms with Crippen molar-refractivity contribution in [3.63, 3.8) is 0 Å². The molecule has 0 atom stereocenters. The van der Waals surface area contributed by atoms with E-state index < -0.39 is 0 Å². The second kappa shape index (κ2) is 5.27. The highest BCUT2D eigenvalue weighted by molar-refractivity contribution is 5.80. The molecule has 3 N–H and O–H groups in total. The molecule has 0 radical (unpaired) electrons. The molecule has 0 amide bonds. The van der Waals surface area contributed by atoms with E-state index in [2.05, 4.69) is 0 Å². The van der Waals surface area contributed by atoms with Crippen LogP contribution in [0.2, 0.25) is 0 Å². The van der Waals surface area contributed by atoms with Gasteiger partial charge in [-0.2, -0.15) is 0 Å². The number of benzene rings is 2. The molecule has 1 aromatic heterocycles. The van der Waals surface area contributed by atoms with Gasteiger partial charge in [0.2, 0.25) is 0 Å². The third-order valence-electron chi connectivity index (χ3n) is 2.89. The minimum absolute atomic E-state index is 0. The Labute approximate surface area is 121 Å². The third kappa shape index (κ3) is 2.46. The van der Waals surface area contributed by atoms with Crippen molar-refractivity contribution in [1.29, 1.82) is 0 Å². The van der Waals surface area contributed by atoms with Gasteiger partial charge in [-0.3, -0.25) is 0 Å². The summed E-state index contributed by atoms with van der Waals surface area (Å²) in [5.74, 6) is 0.279. The maximum Gasteiger partial charge on any atom is 0.364 e. The quantitative estimate of drug-likeness (QED) is 0.451. The van der Waals surface area contributed by atoms with E-state index in [1.165, 1.54) is 18.2 Å². The van der Waals surface area contributed by atoms with Gasteiger partial charge in [-0.05, 0) is 30.3 Å². The maximum atomic E-state index is 9.49. The van der Waals surface area contributed by atoms with Crippen molar-refractivity contribution in [2.75, 3.05) is 0 Å². The van der Waals surface area contributed by atoms with Crippen LogP contribution in [-0.2, 0) is 0 Å². The first-order chi connectivity index (χ1) is 9.13. The lowest BCUT2D eigenvalue weighted by atomic mass is 10.1. The van der Waals surface area contributed by atoms with Gasteiger partial charge in [0.15, 0.2) is 11.5 Å². The van der Waals surface area contributed by atoms with Crippen LogP contribution in [0.25, 0.3) is 22.3 Å². The van der Waals surface area contributed by atoms with Crippen molar-refractivity contribution in [3.8, 4) is 28.6 Å². The third-order valence-corrected chi connectivity index (χ3v) is 2.89. The molecule has 0 fully saturated rings. The average molecular weight is 291 g/mol. The Hall–Kier alpha value is -2.46. The molecular weight excluding hydrogens is 280 g/mol. The van der Waals surface area contributed by atoms with Crippen molar-refractivity contribution in [3.05, 3.63) is 48.5 Å². The topological polar surface area (TPSA) is 72.0 Å². The molecule has 0 spiro atoms. The first kappa shape index (κ1) is 14.0. The van der Waals surface area contributed by atoms with Crippen molar-refractivity contribution in [2.24, 2.45) is 0 Å². The Morgan fingerprint density at radius 2 is 1.50 bits per heavy atom. The largest absolute Gasteiger partial charge is 1.00 e. The zero-order valence-electron chi connectivity index (χ0n) is 10.2. The second-order valence-corrected chi connectivity index (χ2v) is 4.23. The molecule has 0 aliphatic carbocycles. The number of hydrogen-bond acceptors (Lipinski definition) is 3. The summed E-state index contributed by atoms with van der Waals surface area (Å²) >= 11 is 0. The Morgan fingerprint density at radius 1 is 0.750 bits per heavy atom. The van der Waals surface area contributed by atoms with E-state index in [-0.39, 0.29) is 29.7 Å². The van der Waals surface area contributed by atoms with Gasteiger partial charge in [-0.15, -0.1) is 0 Å². The molecule has 20 heavy (non-hydrogen) atoms. The molecule has 0 saturated carbocycles. The molecule has 2 aromatic carbocycles.